The van der Waals surface area contributed by atoms with Crippen molar-refractivity contribution in [3.63, 3.8) is 0 Å². The van der Waals surface area contributed by atoms with E-state index in [9.17, 15) is 4.79 Å². The van der Waals surface area contributed by atoms with E-state index >= 15 is 0 Å². The van der Waals surface area contributed by atoms with Crippen molar-refractivity contribution in [2.45, 2.75) is 13.0 Å². The highest BCUT2D eigenvalue weighted by Crippen LogP contribution is 2.26. The highest BCUT2D eigenvalue weighted by atomic mass is 35.5. The molecule has 2 heterocycles. The number of benzene rings is 3. The summed E-state index contributed by atoms with van der Waals surface area (Å²) in [7, 11) is 1.97. The molecule has 1 atom stereocenters. The average Bonchev–Trinajstić information content (AvgIpc) is 3.38. The fourth-order valence-corrected chi connectivity index (χ4v) is 4.26. The summed E-state index contributed by atoms with van der Waals surface area (Å²) < 4.78 is 3.74. The molecule has 2 aromatic heterocycles. The Bertz CT molecular complexity index is 1450. The smallest absolute Gasteiger partial charge is 0.255 e. The second kappa shape index (κ2) is 8.56. The van der Waals surface area contributed by atoms with Gasteiger partial charge in [0.05, 0.1) is 34.2 Å². The van der Waals surface area contributed by atoms with Crippen LogP contribution in [0.25, 0.3) is 16.7 Å². The molecule has 0 aliphatic heterocycles. The normalized spacial score (nSPS) is 12.1. The van der Waals surface area contributed by atoms with Crippen molar-refractivity contribution in [1.82, 2.24) is 24.6 Å². The predicted molar refractivity (Wildman–Crippen MR) is 130 cm³/mol. The molecule has 164 valence electrons. The molecule has 5 aromatic rings. The van der Waals surface area contributed by atoms with Crippen molar-refractivity contribution in [2.75, 3.05) is 0 Å². The number of aromatic nitrogens is 4. The van der Waals surface area contributed by atoms with E-state index < -0.39 is 6.04 Å². The van der Waals surface area contributed by atoms with E-state index in [0.717, 1.165) is 33.8 Å². The molecule has 0 bridgehead atoms. The summed E-state index contributed by atoms with van der Waals surface area (Å²) in [5, 5.41) is 8.22. The molecule has 1 unspecified atom stereocenters. The van der Waals surface area contributed by atoms with Gasteiger partial charge < -0.3 is 9.88 Å². The third kappa shape index (κ3) is 3.90. The highest BCUT2D eigenvalue weighted by molar-refractivity contribution is 6.30. The van der Waals surface area contributed by atoms with E-state index in [1.807, 2.05) is 91.3 Å². The number of amides is 1. The number of carbonyl (C=O) groups excluding carboxylic acids is 1. The summed E-state index contributed by atoms with van der Waals surface area (Å²) in [6.45, 7) is 1.87. The van der Waals surface area contributed by atoms with Crippen molar-refractivity contribution in [3.05, 3.63) is 113 Å². The summed E-state index contributed by atoms with van der Waals surface area (Å²) in [5.41, 5.74) is 4.86. The molecule has 1 amide bonds. The molecule has 6 nitrogen and oxygen atoms in total. The van der Waals surface area contributed by atoms with Crippen LogP contribution in [0.2, 0.25) is 5.02 Å². The van der Waals surface area contributed by atoms with E-state index in [1.54, 1.807) is 16.9 Å². The molecule has 5 rings (SSSR count). The van der Waals surface area contributed by atoms with Crippen LogP contribution in [0.5, 0.6) is 0 Å². The third-order valence-electron chi connectivity index (χ3n) is 5.80. The van der Waals surface area contributed by atoms with E-state index in [4.69, 9.17) is 16.6 Å². The predicted octanol–water partition coefficient (Wildman–Crippen LogP) is 5.24. The van der Waals surface area contributed by atoms with E-state index in [0.29, 0.717) is 10.6 Å². The maximum atomic E-state index is 13.4. The van der Waals surface area contributed by atoms with Crippen molar-refractivity contribution in [1.29, 1.82) is 0 Å². The molecular weight excluding hydrogens is 434 g/mol. The van der Waals surface area contributed by atoms with Crippen LogP contribution in [0.1, 0.15) is 33.5 Å². The molecule has 33 heavy (non-hydrogen) atoms. The Morgan fingerprint density at radius 3 is 2.52 bits per heavy atom. The highest BCUT2D eigenvalue weighted by Gasteiger charge is 2.25. The first kappa shape index (κ1) is 21.0. The van der Waals surface area contributed by atoms with Gasteiger partial charge in [0.2, 0.25) is 0 Å². The van der Waals surface area contributed by atoms with E-state index in [2.05, 4.69) is 10.4 Å². The van der Waals surface area contributed by atoms with Gasteiger partial charge in [-0.15, -0.1) is 0 Å². The number of fused-ring (bicyclic) bond motifs is 1. The van der Waals surface area contributed by atoms with Crippen molar-refractivity contribution in [2.24, 2.45) is 7.05 Å². The lowest BCUT2D eigenvalue weighted by Crippen LogP contribution is -2.31. The molecule has 0 radical (unpaired) electrons. The second-order valence-electron chi connectivity index (χ2n) is 7.87. The zero-order chi connectivity index (χ0) is 22.9. The Labute approximate surface area is 196 Å². The number of hydrogen-bond acceptors (Lipinski definition) is 3. The van der Waals surface area contributed by atoms with Gasteiger partial charge in [-0.05, 0) is 42.8 Å². The van der Waals surface area contributed by atoms with Crippen LogP contribution in [0.15, 0.2) is 85.1 Å². The van der Waals surface area contributed by atoms with Gasteiger partial charge in [-0.1, -0.05) is 60.1 Å². The Hall–Kier alpha value is -3.90. The minimum Gasteiger partial charge on any atom is -0.338 e. The van der Waals surface area contributed by atoms with Crippen molar-refractivity contribution < 1.29 is 4.79 Å². The second-order valence-corrected chi connectivity index (χ2v) is 8.31. The van der Waals surface area contributed by atoms with Gasteiger partial charge in [0.1, 0.15) is 11.9 Å². The zero-order valence-corrected chi connectivity index (χ0v) is 19.0. The quantitative estimate of drug-likeness (QED) is 0.394. The first-order valence-electron chi connectivity index (χ1n) is 10.6. The third-order valence-corrected chi connectivity index (χ3v) is 6.03. The fourth-order valence-electron chi connectivity index (χ4n) is 4.07. The van der Waals surface area contributed by atoms with Crippen LogP contribution in [-0.2, 0) is 7.05 Å². The standard InChI is InChI=1S/C26H22ClN5O/c1-17-21(16-28-32(17)20-12-8-11-19(27)15-20)26(33)30-24(18-9-4-3-5-10-18)25-29-22-13-6-7-14-23(22)31(25)2/h3-16,24H,1-2H3,(H,30,33). The number of para-hydroxylation sites is 2. The Kier molecular flexibility index (Phi) is 5.44. The summed E-state index contributed by atoms with van der Waals surface area (Å²) in [6.07, 6.45) is 1.59. The monoisotopic (exact) mass is 455 g/mol. The average molecular weight is 456 g/mol. The lowest BCUT2D eigenvalue weighted by molar-refractivity contribution is 0.0940. The van der Waals surface area contributed by atoms with Crippen molar-refractivity contribution >= 4 is 28.5 Å². The number of aryl methyl sites for hydroxylation is 1. The van der Waals surface area contributed by atoms with Crippen LogP contribution < -0.4 is 5.32 Å². The topological polar surface area (TPSA) is 64.7 Å². The van der Waals surface area contributed by atoms with Gasteiger partial charge in [-0.25, -0.2) is 9.67 Å². The van der Waals surface area contributed by atoms with Crippen molar-refractivity contribution in [3.8, 4) is 5.69 Å². The van der Waals surface area contributed by atoms with Gasteiger partial charge >= 0.3 is 0 Å². The van der Waals surface area contributed by atoms with Gasteiger partial charge in [-0.2, -0.15) is 5.10 Å². The zero-order valence-electron chi connectivity index (χ0n) is 18.2. The molecule has 3 aromatic carbocycles. The summed E-state index contributed by atoms with van der Waals surface area (Å²) in [5.74, 6) is 0.539. The molecule has 0 aliphatic rings. The number of imidazole rings is 1. The number of halogens is 1. The lowest BCUT2D eigenvalue weighted by atomic mass is 10.1. The van der Waals surface area contributed by atoms with Crippen LogP contribution in [0, 0.1) is 6.92 Å². The van der Waals surface area contributed by atoms with E-state index in [-0.39, 0.29) is 5.91 Å². The summed E-state index contributed by atoms with van der Waals surface area (Å²) >= 11 is 6.14. The SMILES string of the molecule is Cc1c(C(=O)NC(c2ccccc2)c2nc3ccccc3n2C)cnn1-c1cccc(Cl)c1. The first-order valence-corrected chi connectivity index (χ1v) is 11.0. The maximum absolute atomic E-state index is 13.4. The summed E-state index contributed by atoms with van der Waals surface area (Å²) in [6, 6.07) is 24.8. The maximum Gasteiger partial charge on any atom is 0.255 e. The fraction of sp³-hybridized carbons (Fsp3) is 0.115. The molecule has 0 saturated heterocycles. The minimum absolute atomic E-state index is 0.221. The van der Waals surface area contributed by atoms with Gasteiger partial charge in [-0.3, -0.25) is 4.79 Å². The number of nitrogens with one attached hydrogen (secondary N) is 1. The molecule has 7 heteroatoms. The largest absolute Gasteiger partial charge is 0.338 e. The van der Waals surface area contributed by atoms with Crippen LogP contribution in [0.3, 0.4) is 0 Å². The molecular formula is C26H22ClN5O. The Balaban J connectivity index is 1.53. The number of carbonyl (C=O) groups is 1. The Morgan fingerprint density at radius 2 is 1.76 bits per heavy atom. The van der Waals surface area contributed by atoms with Crippen LogP contribution in [-0.4, -0.2) is 25.2 Å². The molecule has 0 aliphatic carbocycles. The molecule has 1 N–H and O–H groups in total. The first-order chi connectivity index (χ1) is 16.0. The Morgan fingerprint density at radius 1 is 1.00 bits per heavy atom. The van der Waals surface area contributed by atoms with Crippen LogP contribution in [0.4, 0.5) is 0 Å². The van der Waals surface area contributed by atoms with Gasteiger partial charge in [0.25, 0.3) is 5.91 Å². The van der Waals surface area contributed by atoms with Gasteiger partial charge in [0.15, 0.2) is 0 Å². The number of nitrogens with zero attached hydrogens (tertiary/aromatic N) is 4. The number of rotatable bonds is 5. The molecule has 0 spiro atoms. The number of hydrogen-bond donors (Lipinski definition) is 1. The molecule has 0 fully saturated rings. The lowest BCUT2D eigenvalue weighted by Gasteiger charge is -2.19. The van der Waals surface area contributed by atoms with Crippen LogP contribution >= 0.6 is 11.6 Å². The summed E-state index contributed by atoms with van der Waals surface area (Å²) in [4.78, 5) is 18.3. The van der Waals surface area contributed by atoms with Gasteiger partial charge in [0, 0.05) is 12.1 Å². The minimum atomic E-state index is -0.426. The molecule has 0 saturated carbocycles. The van der Waals surface area contributed by atoms with E-state index in [1.165, 1.54) is 0 Å².